The van der Waals surface area contributed by atoms with Gasteiger partial charge in [0.1, 0.15) is 0 Å². The summed E-state index contributed by atoms with van der Waals surface area (Å²) in [5, 5.41) is 4.61. The van der Waals surface area contributed by atoms with Crippen LogP contribution in [0.2, 0.25) is 0 Å². The van der Waals surface area contributed by atoms with Crippen LogP contribution in [0.4, 0.5) is 0 Å². The van der Waals surface area contributed by atoms with Gasteiger partial charge < -0.3 is 0 Å². The molecule has 0 fully saturated rings. The van der Waals surface area contributed by atoms with Gasteiger partial charge >= 0.3 is 0 Å². The normalized spacial score (nSPS) is 12.1. The number of halogens is 1. The highest BCUT2D eigenvalue weighted by atomic mass is 79.9. The summed E-state index contributed by atoms with van der Waals surface area (Å²) in [4.78, 5) is 2.62. The van der Waals surface area contributed by atoms with Crippen LogP contribution in [0.3, 0.4) is 0 Å². The highest BCUT2D eigenvalue weighted by molar-refractivity contribution is 9.10. The number of aryl methyl sites for hydroxylation is 2. The second-order valence-electron chi connectivity index (χ2n) is 5.96. The maximum Gasteiger partial charge on any atom is 0.0739 e. The highest BCUT2D eigenvalue weighted by Crippen LogP contribution is 2.24. The molecule has 0 unspecified atom stereocenters. The predicted octanol–water partition coefficient (Wildman–Crippen LogP) is 4.62. The topological polar surface area (TPSA) is 21.1 Å². The second-order valence-corrected chi connectivity index (χ2v) is 6.75. The molecular weight excluding hydrogens is 314 g/mol. The standard InChI is InChI=1S/C16H30BrN3/c1-7-14(8-2)19(10-12(4)5)11-15-16(17)13(6)18-20(15)9-3/h12,14H,7-11H2,1-6H3. The number of hydrogen-bond acceptors (Lipinski definition) is 2. The van der Waals surface area contributed by atoms with Gasteiger partial charge in [0.15, 0.2) is 0 Å². The first-order chi connectivity index (χ1) is 9.44. The fraction of sp³-hybridized carbons (Fsp3) is 0.812. The molecule has 116 valence electrons. The molecule has 0 amide bonds. The van der Waals surface area contributed by atoms with E-state index >= 15 is 0 Å². The van der Waals surface area contributed by atoms with Crippen LogP contribution in [0.15, 0.2) is 4.47 Å². The first-order valence-electron chi connectivity index (χ1n) is 7.90. The summed E-state index contributed by atoms with van der Waals surface area (Å²) in [6.07, 6.45) is 2.42. The number of hydrogen-bond donors (Lipinski definition) is 0. The Bertz CT molecular complexity index is 408. The van der Waals surface area contributed by atoms with E-state index in [0.717, 1.165) is 25.3 Å². The van der Waals surface area contributed by atoms with Crippen LogP contribution in [-0.4, -0.2) is 27.3 Å². The number of rotatable bonds is 8. The second kappa shape index (κ2) is 8.18. The van der Waals surface area contributed by atoms with Crippen LogP contribution in [0.25, 0.3) is 0 Å². The molecule has 0 atom stereocenters. The summed E-state index contributed by atoms with van der Waals surface area (Å²) < 4.78 is 3.31. The van der Waals surface area contributed by atoms with Crippen molar-refractivity contribution in [3.8, 4) is 0 Å². The summed E-state index contributed by atoms with van der Waals surface area (Å²) in [5.74, 6) is 0.688. The van der Waals surface area contributed by atoms with Crippen LogP contribution < -0.4 is 0 Å². The van der Waals surface area contributed by atoms with Crippen molar-refractivity contribution in [1.82, 2.24) is 14.7 Å². The summed E-state index contributed by atoms with van der Waals surface area (Å²) >= 11 is 3.72. The lowest BCUT2D eigenvalue weighted by Gasteiger charge is -2.32. The van der Waals surface area contributed by atoms with E-state index in [-0.39, 0.29) is 0 Å². The largest absolute Gasteiger partial charge is 0.294 e. The lowest BCUT2D eigenvalue weighted by molar-refractivity contribution is 0.153. The van der Waals surface area contributed by atoms with Crippen LogP contribution in [0, 0.1) is 12.8 Å². The van der Waals surface area contributed by atoms with Gasteiger partial charge in [0, 0.05) is 25.7 Å². The third kappa shape index (κ3) is 4.32. The Labute approximate surface area is 132 Å². The van der Waals surface area contributed by atoms with Crippen LogP contribution >= 0.6 is 15.9 Å². The maximum atomic E-state index is 4.61. The van der Waals surface area contributed by atoms with E-state index in [1.54, 1.807) is 0 Å². The molecule has 3 nitrogen and oxygen atoms in total. The van der Waals surface area contributed by atoms with Gasteiger partial charge in [-0.2, -0.15) is 5.10 Å². The third-order valence-corrected chi connectivity index (χ3v) is 4.90. The van der Waals surface area contributed by atoms with E-state index in [9.17, 15) is 0 Å². The Balaban J connectivity index is 2.99. The van der Waals surface area contributed by atoms with Crippen LogP contribution in [-0.2, 0) is 13.1 Å². The predicted molar refractivity (Wildman–Crippen MR) is 90.0 cm³/mol. The Morgan fingerprint density at radius 3 is 2.25 bits per heavy atom. The van der Waals surface area contributed by atoms with Gasteiger partial charge in [-0.15, -0.1) is 0 Å². The maximum absolute atomic E-state index is 4.61. The lowest BCUT2D eigenvalue weighted by atomic mass is 10.1. The van der Waals surface area contributed by atoms with Crippen molar-refractivity contribution in [1.29, 1.82) is 0 Å². The van der Waals surface area contributed by atoms with E-state index in [2.05, 4.69) is 72.2 Å². The molecule has 1 aromatic rings. The molecule has 0 saturated carbocycles. The van der Waals surface area contributed by atoms with Gasteiger partial charge in [-0.05, 0) is 48.5 Å². The molecule has 0 radical (unpaired) electrons. The minimum absolute atomic E-state index is 0.657. The van der Waals surface area contributed by atoms with E-state index in [4.69, 9.17) is 0 Å². The Morgan fingerprint density at radius 1 is 1.20 bits per heavy atom. The molecule has 4 heteroatoms. The lowest BCUT2D eigenvalue weighted by Crippen LogP contribution is -2.37. The fourth-order valence-corrected chi connectivity index (χ4v) is 3.24. The Hall–Kier alpha value is -0.350. The minimum atomic E-state index is 0.657. The summed E-state index contributed by atoms with van der Waals surface area (Å²) in [6.45, 7) is 16.5. The van der Waals surface area contributed by atoms with Gasteiger partial charge in [0.25, 0.3) is 0 Å². The third-order valence-electron chi connectivity index (χ3n) is 3.86. The molecule has 0 spiro atoms. The molecule has 0 saturated heterocycles. The van der Waals surface area contributed by atoms with E-state index in [0.29, 0.717) is 12.0 Å². The molecule has 1 aromatic heterocycles. The molecule has 0 aliphatic rings. The molecular formula is C16H30BrN3. The first-order valence-corrected chi connectivity index (χ1v) is 8.69. The van der Waals surface area contributed by atoms with Crippen LogP contribution in [0.1, 0.15) is 58.8 Å². The van der Waals surface area contributed by atoms with Gasteiger partial charge in [-0.3, -0.25) is 9.58 Å². The van der Waals surface area contributed by atoms with Crippen molar-refractivity contribution in [2.24, 2.45) is 5.92 Å². The van der Waals surface area contributed by atoms with Gasteiger partial charge in [0.2, 0.25) is 0 Å². The van der Waals surface area contributed by atoms with Crippen molar-refractivity contribution in [3.63, 3.8) is 0 Å². The van der Waals surface area contributed by atoms with Gasteiger partial charge in [-0.25, -0.2) is 0 Å². The molecule has 1 heterocycles. The zero-order valence-corrected chi connectivity index (χ0v) is 15.5. The smallest absolute Gasteiger partial charge is 0.0739 e. The van der Waals surface area contributed by atoms with Crippen molar-refractivity contribution in [2.75, 3.05) is 6.54 Å². The van der Waals surface area contributed by atoms with Crippen LogP contribution in [0.5, 0.6) is 0 Å². The van der Waals surface area contributed by atoms with Crippen molar-refractivity contribution >= 4 is 15.9 Å². The van der Waals surface area contributed by atoms with E-state index in [1.807, 2.05) is 0 Å². The molecule has 20 heavy (non-hydrogen) atoms. The molecule has 0 aromatic carbocycles. The van der Waals surface area contributed by atoms with E-state index in [1.165, 1.54) is 23.0 Å². The molecule has 0 bridgehead atoms. The first kappa shape index (κ1) is 17.7. The van der Waals surface area contributed by atoms with Gasteiger partial charge in [-0.1, -0.05) is 27.7 Å². The average molecular weight is 344 g/mol. The van der Waals surface area contributed by atoms with E-state index < -0.39 is 0 Å². The zero-order valence-electron chi connectivity index (χ0n) is 13.9. The SMILES string of the molecule is CCC(CC)N(Cc1c(Br)c(C)nn1CC)CC(C)C. The van der Waals surface area contributed by atoms with Crippen molar-refractivity contribution in [3.05, 3.63) is 15.9 Å². The Morgan fingerprint density at radius 2 is 1.80 bits per heavy atom. The molecule has 0 aliphatic carbocycles. The molecule has 0 N–H and O–H groups in total. The summed E-state index contributed by atoms with van der Waals surface area (Å²) in [5.41, 5.74) is 2.41. The highest BCUT2D eigenvalue weighted by Gasteiger charge is 2.21. The number of aromatic nitrogens is 2. The monoisotopic (exact) mass is 343 g/mol. The fourth-order valence-electron chi connectivity index (χ4n) is 2.83. The molecule has 1 rings (SSSR count). The van der Waals surface area contributed by atoms with Crippen molar-refractivity contribution < 1.29 is 0 Å². The van der Waals surface area contributed by atoms with Crippen molar-refractivity contribution in [2.45, 2.75) is 73.5 Å². The summed E-state index contributed by atoms with van der Waals surface area (Å²) in [6, 6.07) is 0.657. The minimum Gasteiger partial charge on any atom is -0.294 e. The molecule has 0 aliphatic heterocycles. The zero-order chi connectivity index (χ0) is 15.3. The van der Waals surface area contributed by atoms with Gasteiger partial charge in [0.05, 0.1) is 15.9 Å². The Kier molecular flexibility index (Phi) is 7.24. The summed E-state index contributed by atoms with van der Waals surface area (Å²) in [7, 11) is 0. The average Bonchev–Trinajstić information content (AvgIpc) is 2.67. The number of nitrogens with zero attached hydrogens (tertiary/aromatic N) is 3. The quantitative estimate of drug-likeness (QED) is 0.686.